The van der Waals surface area contributed by atoms with E-state index >= 15 is 0 Å². The van der Waals surface area contributed by atoms with E-state index in [2.05, 4.69) is 11.4 Å². The molecule has 0 unspecified atom stereocenters. The normalized spacial score (nSPS) is 17.6. The lowest BCUT2D eigenvalue weighted by Gasteiger charge is -2.37. The Labute approximate surface area is 196 Å². The van der Waals surface area contributed by atoms with Crippen LogP contribution in [0, 0.1) is 5.92 Å². The summed E-state index contributed by atoms with van der Waals surface area (Å²) in [6, 6.07) is 15.4. The van der Waals surface area contributed by atoms with Gasteiger partial charge in [0.1, 0.15) is 18.9 Å². The summed E-state index contributed by atoms with van der Waals surface area (Å²) in [5, 5.41) is 4.00. The summed E-state index contributed by atoms with van der Waals surface area (Å²) in [5.74, 6) is 1.28. The van der Waals surface area contributed by atoms with Crippen LogP contribution < -0.4 is 4.74 Å². The topological polar surface area (TPSA) is 49.9 Å². The molecule has 1 aliphatic heterocycles. The van der Waals surface area contributed by atoms with Crippen LogP contribution in [0.2, 0.25) is 0 Å². The number of amides is 2. The van der Waals surface area contributed by atoms with E-state index in [0.717, 1.165) is 25.0 Å². The van der Waals surface area contributed by atoms with Gasteiger partial charge in [-0.1, -0.05) is 24.3 Å². The van der Waals surface area contributed by atoms with E-state index in [0.29, 0.717) is 30.5 Å². The molecule has 5 rings (SSSR count). The highest BCUT2D eigenvalue weighted by Gasteiger charge is 2.35. The monoisotopic (exact) mass is 466 g/mol. The van der Waals surface area contributed by atoms with Crippen molar-refractivity contribution in [3.8, 4) is 5.75 Å². The zero-order valence-electron chi connectivity index (χ0n) is 17.8. The van der Waals surface area contributed by atoms with Crippen LogP contribution >= 0.6 is 22.7 Å². The SMILES string of the molecule is O=C(c1cccs1)N(CC(=O)N1CCc2sccc2[C@H]1COc1ccccc1)CC1CC1. The third-order valence-corrected chi connectivity index (χ3v) is 7.94. The minimum absolute atomic E-state index is 0.00549. The van der Waals surface area contributed by atoms with Crippen molar-refractivity contribution in [3.63, 3.8) is 0 Å². The molecule has 32 heavy (non-hydrogen) atoms. The smallest absolute Gasteiger partial charge is 0.264 e. The summed E-state index contributed by atoms with van der Waals surface area (Å²) < 4.78 is 6.07. The fourth-order valence-electron chi connectivity index (χ4n) is 4.21. The lowest BCUT2D eigenvalue weighted by molar-refractivity contribution is -0.135. The van der Waals surface area contributed by atoms with Crippen molar-refractivity contribution in [1.29, 1.82) is 0 Å². The molecular weight excluding hydrogens is 440 g/mol. The van der Waals surface area contributed by atoms with Gasteiger partial charge in [0.2, 0.25) is 5.91 Å². The molecule has 0 spiro atoms. The second-order valence-corrected chi connectivity index (χ2v) is 10.3. The maximum absolute atomic E-state index is 13.5. The number of para-hydroxylation sites is 1. The molecule has 0 N–H and O–H groups in total. The molecule has 2 aromatic heterocycles. The molecule has 3 aromatic rings. The van der Waals surface area contributed by atoms with Gasteiger partial charge in [-0.25, -0.2) is 0 Å². The van der Waals surface area contributed by atoms with Crippen LogP contribution in [0.15, 0.2) is 59.3 Å². The van der Waals surface area contributed by atoms with E-state index in [1.54, 1.807) is 16.2 Å². The van der Waals surface area contributed by atoms with Gasteiger partial charge in [-0.15, -0.1) is 22.7 Å². The first-order valence-electron chi connectivity index (χ1n) is 11.1. The fraction of sp³-hybridized carbons (Fsp3) is 0.360. The van der Waals surface area contributed by atoms with Crippen LogP contribution in [0.4, 0.5) is 0 Å². The average molecular weight is 467 g/mol. The number of benzene rings is 1. The first-order chi connectivity index (χ1) is 15.7. The van der Waals surface area contributed by atoms with Crippen molar-refractivity contribution in [2.45, 2.75) is 25.3 Å². The van der Waals surface area contributed by atoms with Crippen LogP contribution in [-0.2, 0) is 11.2 Å². The second kappa shape index (κ2) is 9.46. The number of carbonyl (C=O) groups is 2. The number of nitrogens with zero attached hydrogens (tertiary/aromatic N) is 2. The van der Waals surface area contributed by atoms with Gasteiger partial charge in [-0.3, -0.25) is 9.59 Å². The summed E-state index contributed by atoms with van der Waals surface area (Å²) in [4.78, 5) is 32.3. The Hall–Kier alpha value is -2.64. The van der Waals surface area contributed by atoms with Gasteiger partial charge in [-0.05, 0) is 65.8 Å². The third kappa shape index (κ3) is 4.74. The molecule has 7 heteroatoms. The number of ether oxygens (including phenoxy) is 1. The van der Waals surface area contributed by atoms with Gasteiger partial charge in [0, 0.05) is 18.0 Å². The molecule has 166 valence electrons. The Morgan fingerprint density at radius 1 is 1.03 bits per heavy atom. The van der Waals surface area contributed by atoms with Gasteiger partial charge >= 0.3 is 0 Å². The molecule has 0 saturated heterocycles. The first-order valence-corrected chi connectivity index (χ1v) is 12.8. The minimum atomic E-state index is -0.141. The highest BCUT2D eigenvalue weighted by atomic mass is 32.1. The molecule has 1 aliphatic carbocycles. The Kier molecular flexibility index (Phi) is 6.28. The molecule has 1 aromatic carbocycles. The Balaban J connectivity index is 1.33. The van der Waals surface area contributed by atoms with Gasteiger partial charge in [0.25, 0.3) is 5.91 Å². The maximum Gasteiger partial charge on any atom is 0.264 e. The molecule has 2 amide bonds. The first kappa shape index (κ1) is 21.2. The Morgan fingerprint density at radius 3 is 2.62 bits per heavy atom. The molecule has 1 saturated carbocycles. The van der Waals surface area contributed by atoms with Crippen molar-refractivity contribution in [3.05, 3.63) is 74.6 Å². The van der Waals surface area contributed by atoms with Gasteiger partial charge in [0.05, 0.1) is 10.9 Å². The van der Waals surface area contributed by atoms with Crippen molar-refractivity contribution in [2.24, 2.45) is 5.92 Å². The summed E-state index contributed by atoms with van der Waals surface area (Å²) >= 11 is 3.17. The number of fused-ring (bicyclic) bond motifs is 1. The van der Waals surface area contributed by atoms with E-state index in [9.17, 15) is 9.59 Å². The van der Waals surface area contributed by atoms with Crippen LogP contribution in [0.3, 0.4) is 0 Å². The summed E-state index contributed by atoms with van der Waals surface area (Å²) in [6.07, 6.45) is 3.12. The number of rotatable bonds is 8. The van der Waals surface area contributed by atoms with Crippen LogP contribution in [0.25, 0.3) is 0 Å². The largest absolute Gasteiger partial charge is 0.491 e. The molecule has 0 bridgehead atoms. The Morgan fingerprint density at radius 2 is 1.88 bits per heavy atom. The van der Waals surface area contributed by atoms with E-state index in [4.69, 9.17) is 4.74 Å². The van der Waals surface area contributed by atoms with Crippen LogP contribution in [0.5, 0.6) is 5.75 Å². The summed E-state index contributed by atoms with van der Waals surface area (Å²) in [7, 11) is 0. The average Bonchev–Trinajstić information content (AvgIpc) is 3.27. The predicted octanol–water partition coefficient (Wildman–Crippen LogP) is 4.87. The van der Waals surface area contributed by atoms with E-state index in [1.807, 2.05) is 52.7 Å². The van der Waals surface area contributed by atoms with E-state index in [-0.39, 0.29) is 24.4 Å². The zero-order valence-corrected chi connectivity index (χ0v) is 19.4. The number of hydrogen-bond acceptors (Lipinski definition) is 5. The predicted molar refractivity (Wildman–Crippen MR) is 127 cm³/mol. The van der Waals surface area contributed by atoms with Gasteiger partial charge in [-0.2, -0.15) is 0 Å². The van der Waals surface area contributed by atoms with Gasteiger partial charge in [0.15, 0.2) is 0 Å². The number of thiophene rings is 2. The maximum atomic E-state index is 13.5. The minimum Gasteiger partial charge on any atom is -0.491 e. The van der Waals surface area contributed by atoms with E-state index in [1.165, 1.54) is 21.8 Å². The molecule has 2 aliphatic rings. The van der Waals surface area contributed by atoms with Crippen LogP contribution in [0.1, 0.15) is 39.0 Å². The second-order valence-electron chi connectivity index (χ2n) is 8.38. The third-order valence-electron chi connectivity index (χ3n) is 6.09. The number of carbonyl (C=O) groups excluding carboxylic acids is 2. The lowest BCUT2D eigenvalue weighted by atomic mass is 10.0. The molecule has 1 atom stereocenters. The standard InChI is InChI=1S/C25H26N2O3S2/c28-24(16-26(15-18-8-9-18)25(29)23-7-4-13-31-23)27-12-10-22-20(11-14-32-22)21(27)17-30-19-5-2-1-3-6-19/h1-7,11,13-14,18,21H,8-10,12,15-17H2/t21-/m1/s1. The quantitative estimate of drug-likeness (QED) is 0.476. The summed E-state index contributed by atoms with van der Waals surface area (Å²) in [6.45, 7) is 1.83. The van der Waals surface area contributed by atoms with Gasteiger partial charge < -0.3 is 14.5 Å². The van der Waals surface area contributed by atoms with E-state index < -0.39 is 0 Å². The Bertz CT molecular complexity index is 1060. The zero-order chi connectivity index (χ0) is 21.9. The van der Waals surface area contributed by atoms with Crippen molar-refractivity contribution in [1.82, 2.24) is 9.80 Å². The fourth-order valence-corrected chi connectivity index (χ4v) is 5.83. The van der Waals surface area contributed by atoms with Crippen molar-refractivity contribution in [2.75, 3.05) is 26.2 Å². The molecule has 0 radical (unpaired) electrons. The van der Waals surface area contributed by atoms with Crippen LogP contribution in [-0.4, -0.2) is 47.9 Å². The molecule has 5 nitrogen and oxygen atoms in total. The lowest BCUT2D eigenvalue weighted by Crippen LogP contribution is -2.48. The number of hydrogen-bond donors (Lipinski definition) is 0. The molecule has 3 heterocycles. The molecule has 1 fully saturated rings. The highest BCUT2D eigenvalue weighted by Crippen LogP contribution is 2.35. The van der Waals surface area contributed by atoms with Crippen molar-refractivity contribution >= 4 is 34.5 Å². The molecular formula is C25H26N2O3S2. The summed E-state index contributed by atoms with van der Waals surface area (Å²) in [5.41, 5.74) is 1.17. The highest BCUT2D eigenvalue weighted by molar-refractivity contribution is 7.12. The van der Waals surface area contributed by atoms with Crippen molar-refractivity contribution < 1.29 is 14.3 Å².